The molecule has 0 aliphatic rings. The third-order valence-corrected chi connectivity index (χ3v) is 3.15. The molecule has 0 heterocycles. The van der Waals surface area contributed by atoms with Crippen LogP contribution in [0.15, 0.2) is 18.2 Å². The molecule has 1 rings (SSSR count). The molecule has 2 amide bonds. The summed E-state index contributed by atoms with van der Waals surface area (Å²) in [7, 11) is 0. The third kappa shape index (κ3) is 4.75. The average Bonchev–Trinajstić information content (AvgIpc) is 2.28. The zero-order chi connectivity index (χ0) is 13.5. The molecule has 0 radical (unpaired) electrons. The zero-order valence-corrected chi connectivity index (χ0v) is 12.1. The molecule has 0 aromatic heterocycles. The minimum atomic E-state index is -0.179. The molecule has 0 aliphatic carbocycles. The molecule has 1 aromatic carbocycles. The topological polar surface area (TPSA) is 41.1 Å². The second kappa shape index (κ2) is 7.49. The number of hydrogen-bond donors (Lipinski definition) is 2. The van der Waals surface area contributed by atoms with E-state index < -0.39 is 0 Å². The summed E-state index contributed by atoms with van der Waals surface area (Å²) < 4.78 is 0. The summed E-state index contributed by atoms with van der Waals surface area (Å²) in [5.74, 6) is 0. The Balaban J connectivity index is 2.54. The number of unbranched alkanes of at least 4 members (excludes halogenated alkanes) is 1. The second-order valence-corrected chi connectivity index (χ2v) is 4.98. The van der Waals surface area contributed by atoms with Gasteiger partial charge in [0.1, 0.15) is 0 Å². The van der Waals surface area contributed by atoms with Crippen molar-refractivity contribution in [3.8, 4) is 0 Å². The van der Waals surface area contributed by atoms with Crippen LogP contribution in [0.1, 0.15) is 38.3 Å². The van der Waals surface area contributed by atoms with Crippen molar-refractivity contribution in [2.24, 2.45) is 0 Å². The quantitative estimate of drug-likeness (QED) is 0.785. The summed E-state index contributed by atoms with van der Waals surface area (Å²) in [6.45, 7) is 4.65. The molecule has 0 saturated carbocycles. The van der Waals surface area contributed by atoms with Crippen molar-refractivity contribution in [3.63, 3.8) is 0 Å². The first kappa shape index (κ1) is 15.1. The Morgan fingerprint density at radius 3 is 2.72 bits per heavy atom. The Morgan fingerprint density at radius 1 is 1.39 bits per heavy atom. The van der Waals surface area contributed by atoms with Gasteiger partial charge in [0.05, 0.1) is 6.04 Å². The maximum Gasteiger partial charge on any atom is 0.315 e. The highest BCUT2D eigenvalue weighted by molar-refractivity contribution is 6.35. The van der Waals surface area contributed by atoms with Crippen LogP contribution in [-0.2, 0) is 0 Å². The van der Waals surface area contributed by atoms with Gasteiger partial charge in [-0.05, 0) is 31.0 Å². The summed E-state index contributed by atoms with van der Waals surface area (Å²) in [6.07, 6.45) is 2.03. The standard InChI is InChI=1S/C13H18Cl2N2O/c1-3-4-7-16-13(18)17-9(2)11-6-5-10(14)8-12(11)15/h5-6,8-9H,3-4,7H2,1-2H3,(H2,16,17,18)/t9-/m0/s1. The Hall–Kier alpha value is -0.930. The summed E-state index contributed by atoms with van der Waals surface area (Å²) in [5.41, 5.74) is 0.853. The van der Waals surface area contributed by atoms with Crippen molar-refractivity contribution in [2.45, 2.75) is 32.7 Å². The lowest BCUT2D eigenvalue weighted by Crippen LogP contribution is -2.37. The molecule has 18 heavy (non-hydrogen) atoms. The van der Waals surface area contributed by atoms with Crippen molar-refractivity contribution in [2.75, 3.05) is 6.54 Å². The van der Waals surface area contributed by atoms with Crippen molar-refractivity contribution in [3.05, 3.63) is 33.8 Å². The molecule has 3 nitrogen and oxygen atoms in total. The molecule has 0 bridgehead atoms. The molecular formula is C13H18Cl2N2O. The monoisotopic (exact) mass is 288 g/mol. The van der Waals surface area contributed by atoms with Crippen LogP contribution in [0.4, 0.5) is 4.79 Å². The van der Waals surface area contributed by atoms with Crippen molar-refractivity contribution >= 4 is 29.2 Å². The fourth-order valence-electron chi connectivity index (χ4n) is 1.56. The van der Waals surface area contributed by atoms with Gasteiger partial charge in [0.25, 0.3) is 0 Å². The Morgan fingerprint density at radius 2 is 2.11 bits per heavy atom. The molecule has 100 valence electrons. The van der Waals surface area contributed by atoms with E-state index in [2.05, 4.69) is 17.6 Å². The number of halogens is 2. The van der Waals surface area contributed by atoms with E-state index in [0.29, 0.717) is 16.6 Å². The number of amides is 2. The summed E-state index contributed by atoms with van der Waals surface area (Å²) in [4.78, 5) is 11.6. The van der Waals surface area contributed by atoms with Crippen LogP contribution < -0.4 is 10.6 Å². The van der Waals surface area contributed by atoms with Gasteiger partial charge in [-0.2, -0.15) is 0 Å². The molecular weight excluding hydrogens is 271 g/mol. The maximum absolute atomic E-state index is 11.6. The molecule has 1 atom stereocenters. The lowest BCUT2D eigenvalue weighted by atomic mass is 10.1. The molecule has 0 spiro atoms. The third-order valence-electron chi connectivity index (χ3n) is 2.59. The van der Waals surface area contributed by atoms with Crippen LogP contribution in [0.5, 0.6) is 0 Å². The lowest BCUT2D eigenvalue weighted by molar-refractivity contribution is 0.238. The Labute approximate surface area is 118 Å². The minimum absolute atomic E-state index is 0.156. The SMILES string of the molecule is CCCCNC(=O)N[C@@H](C)c1ccc(Cl)cc1Cl. The Kier molecular flexibility index (Phi) is 6.30. The first-order chi connectivity index (χ1) is 8.54. The normalized spacial score (nSPS) is 12.0. The van der Waals surface area contributed by atoms with Crippen LogP contribution in [0.2, 0.25) is 10.0 Å². The smallest absolute Gasteiger partial charge is 0.315 e. The molecule has 5 heteroatoms. The number of carbonyl (C=O) groups is 1. The molecule has 0 saturated heterocycles. The summed E-state index contributed by atoms with van der Waals surface area (Å²) in [5, 5.41) is 6.78. The fraction of sp³-hybridized carbons (Fsp3) is 0.462. The zero-order valence-electron chi connectivity index (χ0n) is 10.6. The molecule has 0 aliphatic heterocycles. The van der Waals surface area contributed by atoms with E-state index in [-0.39, 0.29) is 12.1 Å². The van der Waals surface area contributed by atoms with E-state index in [4.69, 9.17) is 23.2 Å². The first-order valence-electron chi connectivity index (χ1n) is 6.04. The van der Waals surface area contributed by atoms with Gasteiger partial charge in [-0.3, -0.25) is 0 Å². The number of nitrogens with one attached hydrogen (secondary N) is 2. The van der Waals surface area contributed by atoms with E-state index in [9.17, 15) is 4.79 Å². The second-order valence-electron chi connectivity index (χ2n) is 4.14. The highest BCUT2D eigenvalue weighted by Gasteiger charge is 2.12. The Bertz CT molecular complexity index is 410. The van der Waals surface area contributed by atoms with Gasteiger partial charge in [-0.1, -0.05) is 42.6 Å². The van der Waals surface area contributed by atoms with Gasteiger partial charge in [0, 0.05) is 16.6 Å². The van der Waals surface area contributed by atoms with Gasteiger partial charge in [0.2, 0.25) is 0 Å². The average molecular weight is 289 g/mol. The highest BCUT2D eigenvalue weighted by Crippen LogP contribution is 2.25. The van der Waals surface area contributed by atoms with Gasteiger partial charge in [-0.25, -0.2) is 4.79 Å². The van der Waals surface area contributed by atoms with Crippen LogP contribution in [0.3, 0.4) is 0 Å². The van der Waals surface area contributed by atoms with Crippen LogP contribution in [0, 0.1) is 0 Å². The van der Waals surface area contributed by atoms with Crippen molar-refractivity contribution in [1.29, 1.82) is 0 Å². The molecule has 1 aromatic rings. The highest BCUT2D eigenvalue weighted by atomic mass is 35.5. The maximum atomic E-state index is 11.6. The van der Waals surface area contributed by atoms with Crippen LogP contribution >= 0.6 is 23.2 Å². The molecule has 0 fully saturated rings. The molecule has 2 N–H and O–H groups in total. The fourth-order valence-corrected chi connectivity index (χ4v) is 2.13. The molecule has 0 unspecified atom stereocenters. The van der Waals surface area contributed by atoms with Gasteiger partial charge < -0.3 is 10.6 Å². The lowest BCUT2D eigenvalue weighted by Gasteiger charge is -2.16. The largest absolute Gasteiger partial charge is 0.338 e. The van der Waals surface area contributed by atoms with E-state index in [1.54, 1.807) is 12.1 Å². The number of benzene rings is 1. The van der Waals surface area contributed by atoms with E-state index in [0.717, 1.165) is 18.4 Å². The van der Waals surface area contributed by atoms with Crippen molar-refractivity contribution in [1.82, 2.24) is 10.6 Å². The summed E-state index contributed by atoms with van der Waals surface area (Å²) in [6, 6.07) is 4.92. The summed E-state index contributed by atoms with van der Waals surface area (Å²) >= 11 is 11.9. The minimum Gasteiger partial charge on any atom is -0.338 e. The predicted octanol–water partition coefficient (Wildman–Crippen LogP) is 4.15. The van der Waals surface area contributed by atoms with Gasteiger partial charge in [0.15, 0.2) is 0 Å². The van der Waals surface area contributed by atoms with E-state index >= 15 is 0 Å². The number of urea groups is 1. The number of carbonyl (C=O) groups excluding carboxylic acids is 1. The van der Waals surface area contributed by atoms with Gasteiger partial charge in [-0.15, -0.1) is 0 Å². The predicted molar refractivity (Wildman–Crippen MR) is 76.3 cm³/mol. The van der Waals surface area contributed by atoms with E-state index in [1.807, 2.05) is 13.0 Å². The number of hydrogen-bond acceptors (Lipinski definition) is 1. The van der Waals surface area contributed by atoms with E-state index in [1.165, 1.54) is 0 Å². The van der Waals surface area contributed by atoms with Crippen LogP contribution in [-0.4, -0.2) is 12.6 Å². The van der Waals surface area contributed by atoms with Crippen LogP contribution in [0.25, 0.3) is 0 Å². The van der Waals surface area contributed by atoms with Gasteiger partial charge >= 0.3 is 6.03 Å². The number of rotatable bonds is 5. The first-order valence-corrected chi connectivity index (χ1v) is 6.79. The van der Waals surface area contributed by atoms with Crippen molar-refractivity contribution < 1.29 is 4.79 Å².